The molecule has 6 nitrogen and oxygen atoms in total. The Bertz CT molecular complexity index is 879. The molecule has 6 heteroatoms. The predicted octanol–water partition coefficient (Wildman–Crippen LogP) is 3.66. The summed E-state index contributed by atoms with van der Waals surface area (Å²) in [6.07, 6.45) is 0.0799. The lowest BCUT2D eigenvalue weighted by Gasteiger charge is -2.25. The molecule has 1 heterocycles. The summed E-state index contributed by atoms with van der Waals surface area (Å²) in [7, 11) is 0. The Labute approximate surface area is 178 Å². The summed E-state index contributed by atoms with van der Waals surface area (Å²) >= 11 is 0. The summed E-state index contributed by atoms with van der Waals surface area (Å²) in [5.41, 5.74) is 1.52. The van der Waals surface area contributed by atoms with Gasteiger partial charge in [0.2, 0.25) is 0 Å². The number of benzene rings is 2. The Morgan fingerprint density at radius 3 is 2.20 bits per heavy atom. The van der Waals surface area contributed by atoms with E-state index in [0.29, 0.717) is 49.8 Å². The number of ether oxygens (including phenoxy) is 1. The van der Waals surface area contributed by atoms with Crippen LogP contribution in [0.4, 0.5) is 0 Å². The molecule has 1 fully saturated rings. The topological polar surface area (TPSA) is 70.1 Å². The molecule has 0 aromatic heterocycles. The van der Waals surface area contributed by atoms with Crippen molar-refractivity contribution in [3.8, 4) is 11.5 Å². The third-order valence-corrected chi connectivity index (χ3v) is 5.44. The summed E-state index contributed by atoms with van der Waals surface area (Å²) < 4.78 is 5.86. The zero-order valence-corrected chi connectivity index (χ0v) is 17.9. The highest BCUT2D eigenvalue weighted by Gasteiger charge is 2.27. The largest absolute Gasteiger partial charge is 0.507 e. The van der Waals surface area contributed by atoms with Gasteiger partial charge in [-0.1, -0.05) is 38.1 Å². The molecule has 0 saturated carbocycles. The van der Waals surface area contributed by atoms with E-state index in [-0.39, 0.29) is 17.6 Å². The minimum atomic E-state index is -0.602. The highest BCUT2D eigenvalue weighted by molar-refractivity contribution is 5.96. The lowest BCUT2D eigenvalue weighted by atomic mass is 10.0. The first-order valence-electron chi connectivity index (χ1n) is 10.5. The number of rotatable bonds is 5. The molecule has 160 valence electrons. The van der Waals surface area contributed by atoms with Gasteiger partial charge in [-0.25, -0.2) is 0 Å². The van der Waals surface area contributed by atoms with Crippen molar-refractivity contribution in [1.29, 1.82) is 0 Å². The normalized spacial score (nSPS) is 15.6. The molecule has 1 saturated heterocycles. The fourth-order valence-electron chi connectivity index (χ4n) is 3.61. The number of phenols is 1. The van der Waals surface area contributed by atoms with Gasteiger partial charge in [0.25, 0.3) is 11.8 Å². The van der Waals surface area contributed by atoms with Crippen LogP contribution < -0.4 is 4.74 Å². The molecule has 1 atom stereocenters. The molecule has 1 N–H and O–H groups in total. The van der Waals surface area contributed by atoms with E-state index in [2.05, 4.69) is 13.8 Å². The zero-order valence-electron chi connectivity index (χ0n) is 17.9. The van der Waals surface area contributed by atoms with Crippen LogP contribution in [0.5, 0.6) is 11.5 Å². The van der Waals surface area contributed by atoms with Gasteiger partial charge in [-0.05, 0) is 49.1 Å². The van der Waals surface area contributed by atoms with Crippen molar-refractivity contribution in [2.24, 2.45) is 0 Å². The first-order valence-corrected chi connectivity index (χ1v) is 10.5. The van der Waals surface area contributed by atoms with Crippen LogP contribution >= 0.6 is 0 Å². The van der Waals surface area contributed by atoms with Gasteiger partial charge in [-0.2, -0.15) is 0 Å². The molecule has 2 aromatic carbocycles. The van der Waals surface area contributed by atoms with Gasteiger partial charge < -0.3 is 19.6 Å². The first-order chi connectivity index (χ1) is 14.4. The maximum Gasteiger partial charge on any atom is 0.263 e. The lowest BCUT2D eigenvalue weighted by Crippen LogP contribution is -2.43. The first kappa shape index (κ1) is 21.7. The second kappa shape index (κ2) is 9.65. The maximum absolute atomic E-state index is 12.9. The van der Waals surface area contributed by atoms with Crippen LogP contribution in [-0.4, -0.2) is 59.0 Å². The highest BCUT2D eigenvalue weighted by Crippen LogP contribution is 2.21. The van der Waals surface area contributed by atoms with Crippen molar-refractivity contribution in [1.82, 2.24) is 9.80 Å². The van der Waals surface area contributed by atoms with Gasteiger partial charge in [0.1, 0.15) is 11.5 Å². The number of amides is 2. The number of carbonyl (C=O) groups is 2. The molecular weight excluding hydrogens is 380 g/mol. The molecule has 0 aliphatic carbocycles. The second-order valence-corrected chi connectivity index (χ2v) is 7.97. The number of aromatic hydroxyl groups is 1. The molecule has 1 aliphatic heterocycles. The fraction of sp³-hybridized carbons (Fsp3) is 0.417. The summed E-state index contributed by atoms with van der Waals surface area (Å²) in [6, 6.07) is 14.4. The van der Waals surface area contributed by atoms with Crippen LogP contribution in [0.1, 0.15) is 49.0 Å². The van der Waals surface area contributed by atoms with Crippen molar-refractivity contribution in [2.45, 2.75) is 39.2 Å². The zero-order chi connectivity index (χ0) is 21.7. The van der Waals surface area contributed by atoms with E-state index in [1.807, 2.05) is 24.3 Å². The van der Waals surface area contributed by atoms with Crippen molar-refractivity contribution < 1.29 is 19.4 Å². The molecular formula is C24H30N2O4. The summed E-state index contributed by atoms with van der Waals surface area (Å²) in [5, 5.41) is 9.95. The minimum absolute atomic E-state index is 0.0230. The van der Waals surface area contributed by atoms with Crippen LogP contribution in [-0.2, 0) is 4.79 Å². The van der Waals surface area contributed by atoms with Crippen LogP contribution in [0.25, 0.3) is 0 Å². The van der Waals surface area contributed by atoms with Crippen molar-refractivity contribution >= 4 is 11.8 Å². The van der Waals surface area contributed by atoms with Gasteiger partial charge in [-0.15, -0.1) is 0 Å². The minimum Gasteiger partial charge on any atom is -0.507 e. The van der Waals surface area contributed by atoms with Gasteiger partial charge in [0.05, 0.1) is 5.56 Å². The Hall–Kier alpha value is -3.02. The average molecular weight is 411 g/mol. The van der Waals surface area contributed by atoms with E-state index >= 15 is 0 Å². The van der Waals surface area contributed by atoms with Crippen LogP contribution in [0.15, 0.2) is 48.5 Å². The molecule has 2 amide bonds. The molecule has 0 bridgehead atoms. The molecule has 0 spiro atoms. The number of phenolic OH excluding ortho intramolecular Hbond substituents is 1. The third kappa shape index (κ3) is 5.12. The standard InChI is InChI=1S/C24H30N2O4/c1-17(2)19-9-11-20(12-10-19)30-18(3)23(28)25-13-6-14-26(16-15-25)24(29)21-7-4-5-8-22(21)27/h4-5,7-12,17-18,27H,6,13-16H2,1-3H3. The van der Waals surface area contributed by atoms with E-state index in [1.54, 1.807) is 34.9 Å². The molecule has 1 unspecified atom stereocenters. The second-order valence-electron chi connectivity index (χ2n) is 7.97. The SMILES string of the molecule is CC(Oc1ccc(C(C)C)cc1)C(=O)N1CCCN(C(=O)c2ccccc2O)CC1. The Morgan fingerprint density at radius 2 is 1.53 bits per heavy atom. The van der Waals surface area contributed by atoms with E-state index in [0.717, 1.165) is 0 Å². The van der Waals surface area contributed by atoms with Crippen molar-refractivity contribution in [3.05, 3.63) is 59.7 Å². The van der Waals surface area contributed by atoms with Crippen LogP contribution in [0, 0.1) is 0 Å². The van der Waals surface area contributed by atoms with Gasteiger partial charge >= 0.3 is 0 Å². The highest BCUT2D eigenvalue weighted by atomic mass is 16.5. The van der Waals surface area contributed by atoms with E-state index in [4.69, 9.17) is 4.74 Å². The van der Waals surface area contributed by atoms with E-state index < -0.39 is 6.10 Å². The quantitative estimate of drug-likeness (QED) is 0.817. The Balaban J connectivity index is 1.58. The number of hydrogen-bond acceptors (Lipinski definition) is 4. The van der Waals surface area contributed by atoms with Gasteiger partial charge in [-0.3, -0.25) is 9.59 Å². The predicted molar refractivity (Wildman–Crippen MR) is 116 cm³/mol. The monoisotopic (exact) mass is 410 g/mol. The summed E-state index contributed by atoms with van der Waals surface area (Å²) in [5.74, 6) is 0.798. The van der Waals surface area contributed by atoms with Gasteiger partial charge in [0, 0.05) is 26.2 Å². The Morgan fingerprint density at radius 1 is 0.900 bits per heavy atom. The number of carbonyl (C=O) groups excluding carboxylic acids is 2. The fourth-order valence-corrected chi connectivity index (χ4v) is 3.61. The van der Waals surface area contributed by atoms with E-state index in [9.17, 15) is 14.7 Å². The molecule has 0 radical (unpaired) electrons. The smallest absolute Gasteiger partial charge is 0.263 e. The van der Waals surface area contributed by atoms with Crippen molar-refractivity contribution in [2.75, 3.05) is 26.2 Å². The molecule has 30 heavy (non-hydrogen) atoms. The Kier molecular flexibility index (Phi) is 6.98. The summed E-state index contributed by atoms with van der Waals surface area (Å²) in [4.78, 5) is 29.1. The summed E-state index contributed by atoms with van der Waals surface area (Å²) in [6.45, 7) is 8.01. The van der Waals surface area contributed by atoms with Gasteiger partial charge in [0.15, 0.2) is 6.10 Å². The lowest BCUT2D eigenvalue weighted by molar-refractivity contribution is -0.137. The average Bonchev–Trinajstić information content (AvgIpc) is 2.99. The molecule has 1 aliphatic rings. The number of nitrogens with zero attached hydrogens (tertiary/aromatic N) is 2. The molecule has 3 rings (SSSR count). The number of hydrogen-bond donors (Lipinski definition) is 1. The van der Waals surface area contributed by atoms with Crippen LogP contribution in [0.2, 0.25) is 0 Å². The van der Waals surface area contributed by atoms with E-state index in [1.165, 1.54) is 11.6 Å². The third-order valence-electron chi connectivity index (χ3n) is 5.44. The number of para-hydroxylation sites is 1. The molecule has 2 aromatic rings. The maximum atomic E-state index is 12.9. The van der Waals surface area contributed by atoms with Crippen molar-refractivity contribution in [3.63, 3.8) is 0 Å². The van der Waals surface area contributed by atoms with Crippen LogP contribution in [0.3, 0.4) is 0 Å².